The molecule has 0 aliphatic carbocycles. The van der Waals surface area contributed by atoms with Crippen LogP contribution in [-0.4, -0.2) is 25.7 Å². The summed E-state index contributed by atoms with van der Waals surface area (Å²) in [6, 6.07) is 7.28. The van der Waals surface area contributed by atoms with E-state index in [1.165, 1.54) is 0 Å². The molecule has 0 radical (unpaired) electrons. The molecule has 118 valence electrons. The molecule has 2 heterocycles. The molecule has 1 N–H and O–H groups in total. The maximum atomic E-state index is 12.2. The molecule has 1 amide bonds. The topological polar surface area (TPSA) is 72.7 Å². The van der Waals surface area contributed by atoms with E-state index in [-0.39, 0.29) is 11.7 Å². The van der Waals surface area contributed by atoms with Gasteiger partial charge in [-0.2, -0.15) is 0 Å². The van der Waals surface area contributed by atoms with Crippen LogP contribution in [0, 0.1) is 13.8 Å². The van der Waals surface area contributed by atoms with Crippen molar-refractivity contribution in [2.24, 2.45) is 0 Å². The second-order valence-electron chi connectivity index (χ2n) is 4.87. The molecule has 0 fully saturated rings. The van der Waals surface area contributed by atoms with E-state index >= 15 is 0 Å². The van der Waals surface area contributed by atoms with Gasteiger partial charge in [-0.15, -0.1) is 16.4 Å². The lowest BCUT2D eigenvalue weighted by Crippen LogP contribution is -2.23. The quantitative estimate of drug-likeness (QED) is 0.787. The Balaban J connectivity index is 1.77. The summed E-state index contributed by atoms with van der Waals surface area (Å²) < 4.78 is 1.56. The smallest absolute Gasteiger partial charge is 0.291 e. The Bertz CT molecular complexity index is 857. The van der Waals surface area contributed by atoms with Crippen molar-refractivity contribution in [3.8, 4) is 5.69 Å². The predicted octanol–water partition coefficient (Wildman–Crippen LogP) is 2.92. The van der Waals surface area contributed by atoms with Gasteiger partial charge in [-0.25, -0.2) is 14.6 Å². The van der Waals surface area contributed by atoms with E-state index in [0.717, 1.165) is 9.88 Å². The Morgan fingerprint density at radius 2 is 2.13 bits per heavy atom. The van der Waals surface area contributed by atoms with Crippen molar-refractivity contribution in [2.45, 2.75) is 20.4 Å². The first-order valence-corrected chi connectivity index (χ1v) is 8.12. The van der Waals surface area contributed by atoms with Crippen molar-refractivity contribution in [2.75, 3.05) is 0 Å². The zero-order chi connectivity index (χ0) is 16.4. The van der Waals surface area contributed by atoms with Crippen LogP contribution in [0.25, 0.3) is 5.69 Å². The summed E-state index contributed by atoms with van der Waals surface area (Å²) in [5.41, 5.74) is 0.691. The number of halogens is 1. The zero-order valence-corrected chi connectivity index (χ0v) is 14.1. The summed E-state index contributed by atoms with van der Waals surface area (Å²) in [5, 5.41) is 8.56. The number of thiazole rings is 1. The van der Waals surface area contributed by atoms with Gasteiger partial charge in [0.2, 0.25) is 5.82 Å². The molecule has 0 saturated carbocycles. The third-order valence-corrected chi connectivity index (χ3v) is 4.38. The van der Waals surface area contributed by atoms with Gasteiger partial charge in [-0.05, 0) is 26.0 Å². The van der Waals surface area contributed by atoms with Crippen LogP contribution < -0.4 is 5.32 Å². The van der Waals surface area contributed by atoms with E-state index < -0.39 is 0 Å². The van der Waals surface area contributed by atoms with Crippen LogP contribution in [0.15, 0.2) is 30.5 Å². The monoisotopic (exact) mass is 347 g/mol. The fraction of sp³-hybridized carbons (Fsp3) is 0.200. The molecule has 0 bridgehead atoms. The molecule has 0 atom stereocenters. The van der Waals surface area contributed by atoms with Crippen molar-refractivity contribution in [3.05, 3.63) is 57.0 Å². The highest BCUT2D eigenvalue weighted by molar-refractivity contribution is 7.11. The lowest BCUT2D eigenvalue weighted by Gasteiger charge is -2.04. The third-order valence-electron chi connectivity index (χ3n) is 3.15. The fourth-order valence-corrected chi connectivity index (χ4v) is 3.02. The number of nitrogens with one attached hydrogen (secondary N) is 1. The Labute approximate surface area is 142 Å². The van der Waals surface area contributed by atoms with E-state index in [0.29, 0.717) is 23.1 Å². The molecular formula is C15H14ClN5OS. The number of carbonyl (C=O) groups is 1. The van der Waals surface area contributed by atoms with E-state index in [9.17, 15) is 4.79 Å². The van der Waals surface area contributed by atoms with Crippen LogP contribution in [0.2, 0.25) is 5.02 Å². The van der Waals surface area contributed by atoms with Crippen molar-refractivity contribution >= 4 is 28.8 Å². The third kappa shape index (κ3) is 3.40. The second-order valence-corrected chi connectivity index (χ2v) is 6.60. The van der Waals surface area contributed by atoms with Gasteiger partial charge < -0.3 is 5.32 Å². The molecule has 2 aromatic heterocycles. The molecule has 3 aromatic rings. The molecule has 3 rings (SSSR count). The number of nitrogens with zero attached hydrogens (tertiary/aromatic N) is 4. The first kappa shape index (κ1) is 15.6. The number of aryl methyl sites for hydroxylation is 2. The first-order chi connectivity index (χ1) is 11.0. The highest BCUT2D eigenvalue weighted by atomic mass is 35.5. The SMILES string of the molecule is Cc1ncc(CNC(=O)c2nc(C)n(-c3ccccc3Cl)n2)s1. The summed E-state index contributed by atoms with van der Waals surface area (Å²) in [7, 11) is 0. The van der Waals surface area contributed by atoms with Gasteiger partial charge in [0, 0.05) is 11.1 Å². The largest absolute Gasteiger partial charge is 0.344 e. The van der Waals surface area contributed by atoms with Crippen molar-refractivity contribution in [3.63, 3.8) is 0 Å². The second kappa shape index (κ2) is 6.47. The Kier molecular flexibility index (Phi) is 4.40. The molecule has 6 nitrogen and oxygen atoms in total. The van der Waals surface area contributed by atoms with Gasteiger partial charge in [-0.3, -0.25) is 4.79 Å². The summed E-state index contributed by atoms with van der Waals surface area (Å²) in [4.78, 5) is 21.6. The van der Waals surface area contributed by atoms with E-state index in [2.05, 4.69) is 20.4 Å². The number of amides is 1. The number of rotatable bonds is 4. The molecule has 1 aromatic carbocycles. The average Bonchev–Trinajstić information content (AvgIpc) is 3.11. The molecular weight excluding hydrogens is 334 g/mol. The number of aromatic nitrogens is 4. The maximum Gasteiger partial charge on any atom is 0.291 e. The molecule has 0 aliphatic rings. The van der Waals surface area contributed by atoms with Crippen LogP contribution in [0.1, 0.15) is 26.3 Å². The molecule has 0 aliphatic heterocycles. The zero-order valence-electron chi connectivity index (χ0n) is 12.6. The van der Waals surface area contributed by atoms with Crippen molar-refractivity contribution in [1.29, 1.82) is 0 Å². The van der Waals surface area contributed by atoms with Gasteiger partial charge in [0.25, 0.3) is 5.91 Å². The van der Waals surface area contributed by atoms with E-state index in [4.69, 9.17) is 11.6 Å². The standard InChI is InChI=1S/C15H14ClN5OS/c1-9-19-14(15(22)18-8-11-7-17-10(2)23-11)20-21(9)13-6-4-3-5-12(13)16/h3-7H,8H2,1-2H3,(H,18,22). The van der Waals surface area contributed by atoms with Gasteiger partial charge in [-0.1, -0.05) is 23.7 Å². The van der Waals surface area contributed by atoms with E-state index in [1.54, 1.807) is 35.2 Å². The predicted molar refractivity (Wildman–Crippen MR) is 89.1 cm³/mol. The Morgan fingerprint density at radius 3 is 2.83 bits per heavy atom. The van der Waals surface area contributed by atoms with Crippen LogP contribution in [0.3, 0.4) is 0 Å². The van der Waals surface area contributed by atoms with Crippen LogP contribution in [0.4, 0.5) is 0 Å². The molecule has 0 saturated heterocycles. The maximum absolute atomic E-state index is 12.2. The van der Waals surface area contributed by atoms with Crippen molar-refractivity contribution < 1.29 is 4.79 Å². The summed E-state index contributed by atoms with van der Waals surface area (Å²) in [5.74, 6) is 0.380. The van der Waals surface area contributed by atoms with Gasteiger partial charge in [0.1, 0.15) is 5.82 Å². The van der Waals surface area contributed by atoms with Crippen molar-refractivity contribution in [1.82, 2.24) is 25.1 Å². The number of hydrogen-bond acceptors (Lipinski definition) is 5. The number of carbonyl (C=O) groups excluding carboxylic acids is 1. The normalized spacial score (nSPS) is 10.7. The minimum absolute atomic E-state index is 0.114. The van der Waals surface area contributed by atoms with Gasteiger partial charge in [0.15, 0.2) is 0 Å². The highest BCUT2D eigenvalue weighted by Crippen LogP contribution is 2.20. The minimum Gasteiger partial charge on any atom is -0.344 e. The number of para-hydroxylation sites is 1. The van der Waals surface area contributed by atoms with Gasteiger partial charge in [0.05, 0.1) is 22.3 Å². The lowest BCUT2D eigenvalue weighted by molar-refractivity contribution is 0.0941. The molecule has 8 heteroatoms. The Hall–Kier alpha value is -2.25. The Morgan fingerprint density at radius 1 is 1.35 bits per heavy atom. The number of benzene rings is 1. The first-order valence-electron chi connectivity index (χ1n) is 6.92. The lowest BCUT2D eigenvalue weighted by atomic mass is 10.3. The summed E-state index contributed by atoms with van der Waals surface area (Å²) >= 11 is 7.71. The van der Waals surface area contributed by atoms with Gasteiger partial charge >= 0.3 is 0 Å². The fourth-order valence-electron chi connectivity index (χ4n) is 2.07. The molecule has 23 heavy (non-hydrogen) atoms. The highest BCUT2D eigenvalue weighted by Gasteiger charge is 2.16. The van der Waals surface area contributed by atoms with Crippen LogP contribution >= 0.6 is 22.9 Å². The minimum atomic E-state index is -0.329. The van der Waals surface area contributed by atoms with E-state index in [1.807, 2.05) is 25.1 Å². The molecule has 0 unspecified atom stereocenters. The number of hydrogen-bond donors (Lipinski definition) is 1. The van der Waals surface area contributed by atoms with Crippen LogP contribution in [-0.2, 0) is 6.54 Å². The summed E-state index contributed by atoms with van der Waals surface area (Å²) in [6.07, 6.45) is 1.75. The average molecular weight is 348 g/mol. The molecule has 0 spiro atoms. The van der Waals surface area contributed by atoms with Crippen LogP contribution in [0.5, 0.6) is 0 Å². The summed E-state index contributed by atoms with van der Waals surface area (Å²) in [6.45, 7) is 4.11.